The highest BCUT2D eigenvalue weighted by molar-refractivity contribution is 7.95. The normalized spacial score (nSPS) is 12.0. The molecule has 2 aromatic carbocycles. The highest BCUT2D eigenvalue weighted by atomic mass is 35.5. The number of nitriles is 1. The van der Waals surface area contributed by atoms with E-state index in [1.165, 1.54) is 24.3 Å². The summed E-state index contributed by atoms with van der Waals surface area (Å²) in [5.74, 6) is 0. The average Bonchev–Trinajstić information content (AvgIpc) is 2.47. The van der Waals surface area contributed by atoms with E-state index in [1.807, 2.05) is 0 Å². The summed E-state index contributed by atoms with van der Waals surface area (Å²) in [6, 6.07) is 12.2. The monoisotopic (exact) mass is 371 g/mol. The Morgan fingerprint density at radius 3 is 2.36 bits per heavy atom. The molecule has 0 fully saturated rings. The summed E-state index contributed by atoms with van der Waals surface area (Å²) in [6.45, 7) is 0. The van der Waals surface area contributed by atoms with Crippen LogP contribution in [0.4, 0.5) is 0 Å². The molecule has 0 amide bonds. The molecule has 0 saturated heterocycles. The number of rotatable bonds is 3. The fourth-order valence-electron chi connectivity index (χ4n) is 1.72. The largest absolute Gasteiger partial charge is 0.218 e. The van der Waals surface area contributed by atoms with Gasteiger partial charge in [0.2, 0.25) is 9.84 Å². The van der Waals surface area contributed by atoms with Crippen LogP contribution in [0.15, 0.2) is 52.3 Å². The number of allylic oxidation sites excluding steroid dienone is 1. The second-order valence-corrected chi connectivity index (χ2v) is 7.42. The van der Waals surface area contributed by atoms with Gasteiger partial charge in [-0.15, -0.1) is 0 Å². The van der Waals surface area contributed by atoms with Crippen molar-refractivity contribution < 1.29 is 8.42 Å². The molecular formula is C15H8Cl3NO2S. The first-order valence-electron chi connectivity index (χ1n) is 5.92. The van der Waals surface area contributed by atoms with Crippen molar-refractivity contribution in [3.05, 3.63) is 68.0 Å². The summed E-state index contributed by atoms with van der Waals surface area (Å²) < 4.78 is 25.1. The number of sulfone groups is 1. The number of halogens is 3. The van der Waals surface area contributed by atoms with E-state index in [9.17, 15) is 13.7 Å². The maximum absolute atomic E-state index is 12.6. The van der Waals surface area contributed by atoms with Crippen LogP contribution >= 0.6 is 34.8 Å². The fourth-order valence-corrected chi connectivity index (χ4v) is 3.83. The van der Waals surface area contributed by atoms with Gasteiger partial charge in [-0.2, -0.15) is 5.26 Å². The van der Waals surface area contributed by atoms with Gasteiger partial charge in [0, 0.05) is 10.0 Å². The van der Waals surface area contributed by atoms with Crippen LogP contribution in [0, 0.1) is 11.3 Å². The Kier molecular flexibility index (Phi) is 5.15. The van der Waals surface area contributed by atoms with Gasteiger partial charge in [0.05, 0.1) is 9.92 Å². The van der Waals surface area contributed by atoms with Gasteiger partial charge in [-0.05, 0) is 42.0 Å². The summed E-state index contributed by atoms with van der Waals surface area (Å²) in [5, 5.41) is 9.85. The summed E-state index contributed by atoms with van der Waals surface area (Å²) >= 11 is 17.6. The highest BCUT2D eigenvalue weighted by Crippen LogP contribution is 2.30. The number of hydrogen-bond donors (Lipinski definition) is 0. The third-order valence-corrected chi connectivity index (χ3v) is 5.35. The zero-order valence-electron chi connectivity index (χ0n) is 10.9. The molecule has 0 aliphatic heterocycles. The van der Waals surface area contributed by atoms with Gasteiger partial charge in [0.15, 0.2) is 0 Å². The molecule has 2 rings (SSSR count). The van der Waals surface area contributed by atoms with E-state index in [0.29, 0.717) is 10.6 Å². The molecule has 0 bridgehead atoms. The zero-order valence-corrected chi connectivity index (χ0v) is 14.0. The second-order valence-electron chi connectivity index (χ2n) is 4.25. The Hall–Kier alpha value is -1.51. The van der Waals surface area contributed by atoms with Crippen LogP contribution < -0.4 is 0 Å². The molecule has 3 nitrogen and oxygen atoms in total. The first kappa shape index (κ1) is 16.9. The van der Waals surface area contributed by atoms with Crippen molar-refractivity contribution in [3.8, 4) is 6.07 Å². The van der Waals surface area contributed by atoms with Crippen LogP contribution in [0.5, 0.6) is 0 Å². The van der Waals surface area contributed by atoms with Crippen LogP contribution in [0.25, 0.3) is 6.08 Å². The minimum Gasteiger partial charge on any atom is -0.218 e. The van der Waals surface area contributed by atoms with E-state index < -0.39 is 14.7 Å². The van der Waals surface area contributed by atoms with Gasteiger partial charge < -0.3 is 0 Å². The Morgan fingerprint density at radius 2 is 1.73 bits per heavy atom. The quantitative estimate of drug-likeness (QED) is 0.713. The Morgan fingerprint density at radius 1 is 1.05 bits per heavy atom. The van der Waals surface area contributed by atoms with Crippen molar-refractivity contribution in [1.29, 1.82) is 5.26 Å². The van der Waals surface area contributed by atoms with E-state index >= 15 is 0 Å². The molecule has 0 aromatic heterocycles. The van der Waals surface area contributed by atoms with E-state index in [-0.39, 0.29) is 14.9 Å². The first-order valence-corrected chi connectivity index (χ1v) is 8.54. The van der Waals surface area contributed by atoms with E-state index in [2.05, 4.69) is 0 Å². The molecule has 0 saturated carbocycles. The van der Waals surface area contributed by atoms with Crippen molar-refractivity contribution in [2.75, 3.05) is 0 Å². The van der Waals surface area contributed by atoms with Gasteiger partial charge in [-0.1, -0.05) is 46.9 Å². The lowest BCUT2D eigenvalue weighted by atomic mass is 10.2. The molecule has 0 aliphatic rings. The Labute approximate surface area is 143 Å². The van der Waals surface area contributed by atoms with Gasteiger partial charge >= 0.3 is 0 Å². The number of hydrogen-bond acceptors (Lipinski definition) is 3. The van der Waals surface area contributed by atoms with Crippen LogP contribution in [0.1, 0.15) is 5.56 Å². The minimum atomic E-state index is -4.07. The van der Waals surface area contributed by atoms with E-state index in [1.54, 1.807) is 30.3 Å². The average molecular weight is 373 g/mol. The Bertz CT molecular complexity index is 899. The van der Waals surface area contributed by atoms with Crippen molar-refractivity contribution in [2.45, 2.75) is 4.90 Å². The van der Waals surface area contributed by atoms with Crippen molar-refractivity contribution in [2.24, 2.45) is 0 Å². The lowest BCUT2D eigenvalue weighted by molar-refractivity contribution is 0.603. The molecule has 7 heteroatoms. The van der Waals surface area contributed by atoms with Gasteiger partial charge in [-0.25, -0.2) is 8.42 Å². The van der Waals surface area contributed by atoms with Gasteiger partial charge in [0.25, 0.3) is 0 Å². The molecular weight excluding hydrogens is 365 g/mol. The summed E-state index contributed by atoms with van der Waals surface area (Å²) in [5.41, 5.74) is 0.491. The zero-order chi connectivity index (χ0) is 16.3. The highest BCUT2D eigenvalue weighted by Gasteiger charge is 2.24. The van der Waals surface area contributed by atoms with Crippen LogP contribution in [0.2, 0.25) is 15.1 Å². The lowest BCUT2D eigenvalue weighted by Crippen LogP contribution is -2.04. The summed E-state index contributed by atoms with van der Waals surface area (Å²) in [6.07, 6.45) is 1.23. The summed E-state index contributed by atoms with van der Waals surface area (Å²) in [4.78, 5) is -0.657. The molecule has 112 valence electrons. The molecule has 2 aromatic rings. The molecule has 22 heavy (non-hydrogen) atoms. The predicted octanol–water partition coefficient (Wildman–Crippen LogP) is 4.99. The molecule has 0 radical (unpaired) electrons. The first-order chi connectivity index (χ1) is 10.3. The van der Waals surface area contributed by atoms with Crippen molar-refractivity contribution in [3.63, 3.8) is 0 Å². The molecule has 0 atom stereocenters. The smallest absolute Gasteiger partial charge is 0.218 e. The molecule has 0 spiro atoms. The van der Waals surface area contributed by atoms with Crippen molar-refractivity contribution in [1.82, 2.24) is 0 Å². The lowest BCUT2D eigenvalue weighted by Gasteiger charge is -2.06. The van der Waals surface area contributed by atoms with Crippen molar-refractivity contribution >= 4 is 50.7 Å². The van der Waals surface area contributed by atoms with Crippen LogP contribution in [0.3, 0.4) is 0 Å². The topological polar surface area (TPSA) is 57.9 Å². The minimum absolute atomic E-state index is 0.00311. The molecule has 0 unspecified atom stereocenters. The van der Waals surface area contributed by atoms with Gasteiger partial charge in [0.1, 0.15) is 11.0 Å². The predicted molar refractivity (Wildman–Crippen MR) is 88.7 cm³/mol. The maximum atomic E-state index is 12.6. The standard InChI is InChI=1S/C15H8Cl3NO2S/c16-11-3-1-2-10(6-11)7-13(9-19)22(20,21)15-8-12(17)4-5-14(15)18/h1-8H/b13-7+. The van der Waals surface area contributed by atoms with Gasteiger partial charge in [-0.3, -0.25) is 0 Å². The maximum Gasteiger partial charge on any atom is 0.218 e. The van der Waals surface area contributed by atoms with Crippen LogP contribution in [-0.2, 0) is 9.84 Å². The molecule has 0 aliphatic carbocycles. The summed E-state index contributed by atoms with van der Waals surface area (Å²) in [7, 11) is -4.07. The number of nitrogens with zero attached hydrogens (tertiary/aromatic N) is 1. The Balaban J connectivity index is 2.60. The second kappa shape index (κ2) is 6.72. The SMILES string of the molecule is N#C/C(=C\c1cccc(Cl)c1)S(=O)(=O)c1cc(Cl)ccc1Cl. The fraction of sp³-hybridized carbons (Fsp3) is 0. The van der Waals surface area contributed by atoms with E-state index in [4.69, 9.17) is 34.8 Å². The van der Waals surface area contributed by atoms with Crippen LogP contribution in [-0.4, -0.2) is 8.42 Å². The van der Waals surface area contributed by atoms with E-state index in [0.717, 1.165) is 0 Å². The number of benzene rings is 2. The third-order valence-electron chi connectivity index (χ3n) is 2.73. The molecule has 0 heterocycles. The molecule has 0 N–H and O–H groups in total. The third kappa shape index (κ3) is 3.63.